The molecule has 0 N–H and O–H groups in total. The molecule has 0 spiro atoms. The molecule has 2 heterocycles. The lowest BCUT2D eigenvalue weighted by Gasteiger charge is -2.18. The summed E-state index contributed by atoms with van der Waals surface area (Å²) in [5.41, 5.74) is 0.551. The molecule has 26 heavy (non-hydrogen) atoms. The number of amides is 1. The second-order valence-electron chi connectivity index (χ2n) is 7.02. The van der Waals surface area contributed by atoms with E-state index >= 15 is 0 Å². The number of oxazole rings is 1. The second-order valence-corrected chi connectivity index (χ2v) is 8.02. The lowest BCUT2D eigenvalue weighted by molar-refractivity contribution is -0.125. The molecular formula is C19H19FN2O3S. The van der Waals surface area contributed by atoms with E-state index in [4.69, 9.17) is 4.42 Å². The van der Waals surface area contributed by atoms with Gasteiger partial charge in [0.25, 0.3) is 0 Å². The maximum absolute atomic E-state index is 13.3. The van der Waals surface area contributed by atoms with Crippen LogP contribution in [0.5, 0.6) is 0 Å². The van der Waals surface area contributed by atoms with Crippen LogP contribution in [-0.2, 0) is 16.1 Å². The van der Waals surface area contributed by atoms with Crippen LogP contribution in [0, 0.1) is 11.2 Å². The normalized spacial score (nSPS) is 16.5. The molecule has 1 fully saturated rings. The van der Waals surface area contributed by atoms with Crippen molar-refractivity contribution in [1.82, 2.24) is 9.88 Å². The fourth-order valence-corrected chi connectivity index (χ4v) is 3.26. The SMILES string of the molecule is CC(C)(C)C(=O)/C=C1\SCC(=O)N1Cc1coc(-c2cccc(F)c2)n1. The van der Waals surface area contributed by atoms with Gasteiger partial charge in [-0.05, 0) is 18.2 Å². The number of rotatable bonds is 4. The summed E-state index contributed by atoms with van der Waals surface area (Å²) in [5.74, 6) is 0.0747. The van der Waals surface area contributed by atoms with Crippen LogP contribution in [0.2, 0.25) is 0 Å². The second kappa shape index (κ2) is 7.07. The third kappa shape index (κ3) is 4.04. The molecule has 0 aliphatic carbocycles. The molecule has 1 saturated heterocycles. The van der Waals surface area contributed by atoms with E-state index in [2.05, 4.69) is 4.98 Å². The van der Waals surface area contributed by atoms with Crippen LogP contribution in [0.3, 0.4) is 0 Å². The summed E-state index contributed by atoms with van der Waals surface area (Å²) in [6.45, 7) is 5.71. The van der Waals surface area contributed by atoms with Crippen molar-refractivity contribution < 1.29 is 18.4 Å². The highest BCUT2D eigenvalue weighted by atomic mass is 32.2. The van der Waals surface area contributed by atoms with E-state index in [1.807, 2.05) is 20.8 Å². The zero-order valence-corrected chi connectivity index (χ0v) is 15.6. The van der Waals surface area contributed by atoms with Crippen molar-refractivity contribution in [2.75, 3.05) is 5.75 Å². The lowest BCUT2D eigenvalue weighted by atomic mass is 9.91. The Labute approximate surface area is 155 Å². The molecule has 1 aromatic carbocycles. The first-order chi connectivity index (χ1) is 12.2. The molecule has 1 aromatic heterocycles. The number of thioether (sulfide) groups is 1. The molecule has 0 bridgehead atoms. The Morgan fingerprint density at radius 3 is 2.88 bits per heavy atom. The summed E-state index contributed by atoms with van der Waals surface area (Å²) in [7, 11) is 0. The number of hydrogen-bond acceptors (Lipinski definition) is 5. The quantitative estimate of drug-likeness (QED) is 0.757. The average molecular weight is 374 g/mol. The van der Waals surface area contributed by atoms with E-state index in [0.717, 1.165) is 0 Å². The highest BCUT2D eigenvalue weighted by molar-refractivity contribution is 8.04. The number of aromatic nitrogens is 1. The van der Waals surface area contributed by atoms with Gasteiger partial charge in [-0.25, -0.2) is 9.37 Å². The Morgan fingerprint density at radius 1 is 1.42 bits per heavy atom. The molecule has 0 atom stereocenters. The Balaban J connectivity index is 1.80. The molecule has 2 aromatic rings. The van der Waals surface area contributed by atoms with E-state index in [1.165, 1.54) is 41.1 Å². The predicted molar refractivity (Wildman–Crippen MR) is 97.5 cm³/mol. The number of ketones is 1. The van der Waals surface area contributed by atoms with E-state index in [1.54, 1.807) is 12.1 Å². The monoisotopic (exact) mass is 374 g/mol. The number of allylic oxidation sites excluding steroid dienone is 1. The highest BCUT2D eigenvalue weighted by Crippen LogP contribution is 2.32. The maximum atomic E-state index is 13.3. The fourth-order valence-electron chi connectivity index (χ4n) is 2.32. The standard InChI is InChI=1S/C19H19FN2O3S/c1-19(2,3)15(23)8-17-22(16(24)11-26-17)9-14-10-25-18(21-14)12-5-4-6-13(20)7-12/h4-8,10H,9,11H2,1-3H3/b17-8-. The minimum atomic E-state index is -0.511. The van der Waals surface area contributed by atoms with Gasteiger partial charge in [-0.3, -0.25) is 14.5 Å². The average Bonchev–Trinajstić information content (AvgIpc) is 3.16. The molecule has 7 heteroatoms. The molecule has 1 amide bonds. The van der Waals surface area contributed by atoms with Crippen molar-refractivity contribution in [2.45, 2.75) is 27.3 Å². The summed E-state index contributed by atoms with van der Waals surface area (Å²) in [6.07, 6.45) is 2.96. The molecule has 0 radical (unpaired) electrons. The fraction of sp³-hybridized carbons (Fsp3) is 0.316. The summed E-state index contributed by atoms with van der Waals surface area (Å²) in [6, 6.07) is 5.95. The molecule has 136 valence electrons. The summed E-state index contributed by atoms with van der Waals surface area (Å²) < 4.78 is 18.8. The predicted octanol–water partition coefficient (Wildman–Crippen LogP) is 4.01. The highest BCUT2D eigenvalue weighted by Gasteiger charge is 2.30. The number of carbonyl (C=O) groups is 2. The minimum Gasteiger partial charge on any atom is -0.444 e. The van der Waals surface area contributed by atoms with Gasteiger partial charge in [-0.2, -0.15) is 0 Å². The first-order valence-electron chi connectivity index (χ1n) is 8.14. The molecular weight excluding hydrogens is 355 g/mol. The van der Waals surface area contributed by atoms with E-state index in [9.17, 15) is 14.0 Å². The Kier molecular flexibility index (Phi) is 5.00. The first-order valence-corrected chi connectivity index (χ1v) is 9.12. The zero-order chi connectivity index (χ0) is 18.9. The van der Waals surface area contributed by atoms with Gasteiger partial charge in [0.05, 0.1) is 23.0 Å². The molecule has 0 saturated carbocycles. The van der Waals surface area contributed by atoms with Crippen LogP contribution in [0.15, 0.2) is 46.1 Å². The van der Waals surface area contributed by atoms with Gasteiger partial charge in [0.2, 0.25) is 11.8 Å². The number of carbonyl (C=O) groups excluding carboxylic acids is 2. The van der Waals surface area contributed by atoms with Crippen LogP contribution in [-0.4, -0.2) is 27.3 Å². The smallest absolute Gasteiger partial charge is 0.238 e. The van der Waals surface area contributed by atoms with Crippen LogP contribution in [0.1, 0.15) is 26.5 Å². The largest absolute Gasteiger partial charge is 0.444 e. The summed E-state index contributed by atoms with van der Waals surface area (Å²) in [4.78, 5) is 30.3. The van der Waals surface area contributed by atoms with Crippen LogP contribution >= 0.6 is 11.8 Å². The van der Waals surface area contributed by atoms with Crippen molar-refractivity contribution in [3.63, 3.8) is 0 Å². The van der Waals surface area contributed by atoms with Crippen molar-refractivity contribution in [3.05, 3.63) is 53.1 Å². The molecule has 1 aliphatic rings. The Hall–Kier alpha value is -2.41. The lowest BCUT2D eigenvalue weighted by Crippen LogP contribution is -2.26. The van der Waals surface area contributed by atoms with E-state index < -0.39 is 5.41 Å². The molecule has 1 aliphatic heterocycles. The molecule has 3 rings (SSSR count). The van der Waals surface area contributed by atoms with Gasteiger partial charge in [0.15, 0.2) is 5.78 Å². The Bertz CT molecular complexity index is 883. The Morgan fingerprint density at radius 2 is 2.19 bits per heavy atom. The first kappa shape index (κ1) is 18.4. The number of hydrogen-bond donors (Lipinski definition) is 0. The summed E-state index contributed by atoms with van der Waals surface area (Å²) >= 11 is 1.34. The summed E-state index contributed by atoms with van der Waals surface area (Å²) in [5, 5.41) is 0.616. The van der Waals surface area contributed by atoms with Crippen molar-refractivity contribution in [3.8, 4) is 11.5 Å². The third-order valence-corrected chi connectivity index (χ3v) is 4.87. The van der Waals surface area contributed by atoms with Crippen LogP contribution in [0.4, 0.5) is 4.39 Å². The number of benzene rings is 1. The van der Waals surface area contributed by atoms with Crippen LogP contribution < -0.4 is 0 Å². The van der Waals surface area contributed by atoms with Gasteiger partial charge in [-0.1, -0.05) is 38.6 Å². The molecule has 5 nitrogen and oxygen atoms in total. The minimum absolute atomic E-state index is 0.0414. The van der Waals surface area contributed by atoms with E-state index in [0.29, 0.717) is 16.3 Å². The van der Waals surface area contributed by atoms with Gasteiger partial charge in [-0.15, -0.1) is 0 Å². The van der Waals surface area contributed by atoms with Crippen molar-refractivity contribution in [1.29, 1.82) is 0 Å². The number of halogens is 1. The van der Waals surface area contributed by atoms with Crippen molar-refractivity contribution >= 4 is 23.5 Å². The van der Waals surface area contributed by atoms with Gasteiger partial charge in [0.1, 0.15) is 12.1 Å². The number of nitrogens with zero attached hydrogens (tertiary/aromatic N) is 2. The zero-order valence-electron chi connectivity index (χ0n) is 14.8. The van der Waals surface area contributed by atoms with Gasteiger partial charge >= 0.3 is 0 Å². The van der Waals surface area contributed by atoms with Crippen molar-refractivity contribution in [2.24, 2.45) is 5.41 Å². The third-order valence-electron chi connectivity index (χ3n) is 3.85. The maximum Gasteiger partial charge on any atom is 0.238 e. The molecule has 0 unspecified atom stereocenters. The van der Waals surface area contributed by atoms with Gasteiger partial charge in [0, 0.05) is 17.1 Å². The van der Waals surface area contributed by atoms with Crippen LogP contribution in [0.25, 0.3) is 11.5 Å². The van der Waals surface area contributed by atoms with Gasteiger partial charge < -0.3 is 4.42 Å². The topological polar surface area (TPSA) is 63.4 Å². The van der Waals surface area contributed by atoms with E-state index in [-0.39, 0.29) is 35.7 Å².